The van der Waals surface area contributed by atoms with Crippen molar-refractivity contribution in [3.63, 3.8) is 0 Å². The molecular formula is C13H16BrNO3. The number of ether oxygens (including phenoxy) is 2. The van der Waals surface area contributed by atoms with E-state index in [9.17, 15) is 4.79 Å². The van der Waals surface area contributed by atoms with Crippen LogP contribution in [0.25, 0.3) is 0 Å². The van der Waals surface area contributed by atoms with Gasteiger partial charge < -0.3 is 14.8 Å². The van der Waals surface area contributed by atoms with E-state index < -0.39 is 0 Å². The molecule has 0 saturated heterocycles. The van der Waals surface area contributed by atoms with Crippen LogP contribution in [-0.4, -0.2) is 24.1 Å². The molecule has 0 fully saturated rings. The van der Waals surface area contributed by atoms with Crippen LogP contribution in [0.1, 0.15) is 30.1 Å². The van der Waals surface area contributed by atoms with Crippen molar-refractivity contribution in [3.05, 3.63) is 23.8 Å². The molecule has 1 aromatic carbocycles. The molecule has 98 valence electrons. The summed E-state index contributed by atoms with van der Waals surface area (Å²) < 4.78 is 10.4. The lowest BCUT2D eigenvalue weighted by Crippen LogP contribution is -2.29. The van der Waals surface area contributed by atoms with Crippen LogP contribution in [0.4, 0.5) is 0 Å². The molecule has 4 nitrogen and oxygen atoms in total. The molecule has 0 spiro atoms. The highest BCUT2D eigenvalue weighted by Crippen LogP contribution is 2.32. The maximum absolute atomic E-state index is 11.9. The van der Waals surface area contributed by atoms with Gasteiger partial charge in [0.2, 0.25) is 6.79 Å². The topological polar surface area (TPSA) is 47.6 Å². The first-order valence-corrected chi connectivity index (χ1v) is 6.94. The lowest BCUT2D eigenvalue weighted by atomic mass is 10.2. The second kappa shape index (κ2) is 6.09. The van der Waals surface area contributed by atoms with Gasteiger partial charge in [-0.2, -0.15) is 0 Å². The minimum absolute atomic E-state index is 0.0890. The Hall–Kier alpha value is -1.23. The van der Waals surface area contributed by atoms with Crippen molar-refractivity contribution in [2.24, 2.45) is 0 Å². The minimum Gasteiger partial charge on any atom is -0.454 e. The number of hydrogen-bond acceptors (Lipinski definition) is 3. The molecule has 1 atom stereocenters. The van der Waals surface area contributed by atoms with Gasteiger partial charge in [-0.05, 0) is 24.6 Å². The number of halogens is 1. The normalized spacial score (nSPS) is 14.3. The summed E-state index contributed by atoms with van der Waals surface area (Å²) in [5.74, 6) is 1.23. The second-order valence-electron chi connectivity index (χ2n) is 4.16. The van der Waals surface area contributed by atoms with Crippen LogP contribution in [0.5, 0.6) is 11.5 Å². The zero-order valence-electron chi connectivity index (χ0n) is 10.2. The van der Waals surface area contributed by atoms with Crippen molar-refractivity contribution in [2.75, 3.05) is 13.3 Å². The molecule has 1 aliphatic rings. The Kier molecular flexibility index (Phi) is 4.47. The quantitative estimate of drug-likeness (QED) is 0.850. The van der Waals surface area contributed by atoms with E-state index in [2.05, 4.69) is 28.2 Å². The summed E-state index contributed by atoms with van der Waals surface area (Å²) in [6.45, 7) is 2.97. The van der Waals surface area contributed by atoms with Gasteiger partial charge in [-0.1, -0.05) is 29.3 Å². The molecule has 5 heteroatoms. The smallest absolute Gasteiger partial charge is 0.251 e. The predicted octanol–water partition coefficient (Wildman–Crippen LogP) is 2.71. The first-order valence-electron chi connectivity index (χ1n) is 6.02. The lowest BCUT2D eigenvalue weighted by Gasteiger charge is -2.10. The number of amides is 1. The first-order chi connectivity index (χ1) is 8.70. The number of fused-ring (bicyclic) bond motifs is 1. The van der Waals surface area contributed by atoms with Crippen molar-refractivity contribution in [1.82, 2.24) is 5.32 Å². The zero-order chi connectivity index (χ0) is 13.0. The SMILES string of the molecule is CCCC(Br)CNC(=O)c1ccc2c(c1)OCO2. The summed E-state index contributed by atoms with van der Waals surface area (Å²) in [6.07, 6.45) is 2.14. The number of nitrogens with one attached hydrogen (secondary N) is 1. The van der Waals surface area contributed by atoms with Gasteiger partial charge in [0.25, 0.3) is 5.91 Å². The standard InChI is InChI=1S/C13H16BrNO3/c1-2-3-10(14)7-15-13(16)9-4-5-11-12(6-9)18-8-17-11/h4-6,10H,2-3,7-8H2,1H3,(H,15,16). The summed E-state index contributed by atoms with van der Waals surface area (Å²) in [5.41, 5.74) is 0.593. The van der Waals surface area contributed by atoms with E-state index in [1.54, 1.807) is 18.2 Å². The van der Waals surface area contributed by atoms with Crippen LogP contribution in [-0.2, 0) is 0 Å². The van der Waals surface area contributed by atoms with Gasteiger partial charge in [-0.25, -0.2) is 0 Å². The molecular weight excluding hydrogens is 298 g/mol. The zero-order valence-corrected chi connectivity index (χ0v) is 11.8. The second-order valence-corrected chi connectivity index (χ2v) is 5.46. The summed E-state index contributed by atoms with van der Waals surface area (Å²) in [6, 6.07) is 5.21. The first kappa shape index (κ1) is 13.2. The van der Waals surface area contributed by atoms with Crippen LogP contribution in [0.15, 0.2) is 18.2 Å². The summed E-state index contributed by atoms with van der Waals surface area (Å²) >= 11 is 3.53. The lowest BCUT2D eigenvalue weighted by molar-refractivity contribution is 0.0953. The molecule has 0 saturated carbocycles. The van der Waals surface area contributed by atoms with Crippen molar-refractivity contribution >= 4 is 21.8 Å². The van der Waals surface area contributed by atoms with Crippen molar-refractivity contribution in [2.45, 2.75) is 24.6 Å². The summed E-state index contributed by atoms with van der Waals surface area (Å²) in [4.78, 5) is 12.2. The highest BCUT2D eigenvalue weighted by molar-refractivity contribution is 9.09. The third kappa shape index (κ3) is 3.16. The van der Waals surface area contributed by atoms with Crippen LogP contribution < -0.4 is 14.8 Å². The van der Waals surface area contributed by atoms with Crippen LogP contribution in [0, 0.1) is 0 Å². The van der Waals surface area contributed by atoms with E-state index >= 15 is 0 Å². The Labute approximate surface area is 115 Å². The highest BCUT2D eigenvalue weighted by atomic mass is 79.9. The van der Waals surface area contributed by atoms with Crippen LogP contribution in [0.2, 0.25) is 0 Å². The average Bonchev–Trinajstić information content (AvgIpc) is 2.83. The van der Waals surface area contributed by atoms with E-state index in [1.807, 2.05) is 0 Å². The molecule has 1 aromatic rings. The third-order valence-corrected chi connectivity index (χ3v) is 3.50. The van der Waals surface area contributed by atoms with Gasteiger partial charge in [-0.15, -0.1) is 0 Å². The van der Waals surface area contributed by atoms with Crippen molar-refractivity contribution in [1.29, 1.82) is 0 Å². The average molecular weight is 314 g/mol. The van der Waals surface area contributed by atoms with Crippen molar-refractivity contribution < 1.29 is 14.3 Å². The number of benzene rings is 1. The maximum atomic E-state index is 11.9. The van der Waals surface area contributed by atoms with E-state index in [1.165, 1.54) is 0 Å². The monoisotopic (exact) mass is 313 g/mol. The molecule has 0 radical (unpaired) electrons. The Morgan fingerprint density at radius 1 is 1.44 bits per heavy atom. The van der Waals surface area contributed by atoms with E-state index in [0.717, 1.165) is 12.8 Å². The van der Waals surface area contributed by atoms with E-state index in [4.69, 9.17) is 9.47 Å². The maximum Gasteiger partial charge on any atom is 0.251 e. The van der Waals surface area contributed by atoms with Gasteiger partial charge in [0, 0.05) is 16.9 Å². The fraction of sp³-hybridized carbons (Fsp3) is 0.462. The predicted molar refractivity (Wildman–Crippen MR) is 72.5 cm³/mol. The fourth-order valence-electron chi connectivity index (χ4n) is 1.76. The minimum atomic E-state index is -0.0890. The fourth-order valence-corrected chi connectivity index (χ4v) is 2.38. The van der Waals surface area contributed by atoms with E-state index in [-0.39, 0.29) is 12.7 Å². The Balaban J connectivity index is 1.93. The van der Waals surface area contributed by atoms with Gasteiger partial charge in [0.15, 0.2) is 11.5 Å². The molecule has 1 heterocycles. The Morgan fingerprint density at radius 3 is 3.00 bits per heavy atom. The van der Waals surface area contributed by atoms with E-state index in [0.29, 0.717) is 28.4 Å². The molecule has 0 bridgehead atoms. The number of hydrogen-bond donors (Lipinski definition) is 1. The number of rotatable bonds is 5. The Morgan fingerprint density at radius 2 is 2.22 bits per heavy atom. The molecule has 18 heavy (non-hydrogen) atoms. The summed E-state index contributed by atoms with van der Waals surface area (Å²) in [7, 11) is 0. The molecule has 0 aliphatic carbocycles. The molecule has 2 rings (SSSR count). The van der Waals surface area contributed by atoms with Gasteiger partial charge in [0.05, 0.1) is 0 Å². The van der Waals surface area contributed by atoms with Crippen LogP contribution >= 0.6 is 15.9 Å². The summed E-state index contributed by atoms with van der Waals surface area (Å²) in [5, 5.41) is 2.89. The molecule has 1 N–H and O–H groups in total. The van der Waals surface area contributed by atoms with Crippen molar-refractivity contribution in [3.8, 4) is 11.5 Å². The number of carbonyl (C=O) groups excluding carboxylic acids is 1. The van der Waals surface area contributed by atoms with Gasteiger partial charge in [0.1, 0.15) is 0 Å². The molecule has 0 aromatic heterocycles. The highest BCUT2D eigenvalue weighted by Gasteiger charge is 2.16. The Bertz CT molecular complexity index is 436. The number of carbonyl (C=O) groups is 1. The third-order valence-electron chi connectivity index (χ3n) is 2.72. The molecule has 1 unspecified atom stereocenters. The molecule has 1 amide bonds. The number of alkyl halides is 1. The largest absolute Gasteiger partial charge is 0.454 e. The van der Waals surface area contributed by atoms with Crippen LogP contribution in [0.3, 0.4) is 0 Å². The van der Waals surface area contributed by atoms with Gasteiger partial charge >= 0.3 is 0 Å². The molecule has 1 aliphatic heterocycles. The van der Waals surface area contributed by atoms with Gasteiger partial charge in [-0.3, -0.25) is 4.79 Å².